The van der Waals surface area contributed by atoms with Crippen LogP contribution in [-0.4, -0.2) is 43.8 Å². The van der Waals surface area contributed by atoms with Crippen LogP contribution >= 0.6 is 0 Å². The van der Waals surface area contributed by atoms with Gasteiger partial charge in [-0.2, -0.15) is 0 Å². The van der Waals surface area contributed by atoms with Crippen LogP contribution < -0.4 is 20.1 Å². The van der Waals surface area contributed by atoms with Gasteiger partial charge in [0.15, 0.2) is 18.1 Å². The number of ether oxygens (including phenoxy) is 3. The minimum atomic E-state index is -0.670. The van der Waals surface area contributed by atoms with Crippen LogP contribution in [0.4, 0.5) is 0 Å². The minimum Gasteiger partial charge on any atom is -0.454 e. The molecular formula is C19H24N2O6. The first kappa shape index (κ1) is 19.0. The maximum atomic E-state index is 12.1. The summed E-state index contributed by atoms with van der Waals surface area (Å²) in [6, 6.07) is 4.89. The highest BCUT2D eigenvalue weighted by Gasteiger charge is 2.23. The van der Waals surface area contributed by atoms with E-state index in [9.17, 15) is 14.4 Å². The molecule has 27 heavy (non-hydrogen) atoms. The molecular weight excluding hydrogens is 352 g/mol. The number of hydrogen-bond donors (Lipinski definition) is 2. The molecule has 1 aromatic rings. The van der Waals surface area contributed by atoms with Gasteiger partial charge in [-0.3, -0.25) is 14.4 Å². The fourth-order valence-corrected chi connectivity index (χ4v) is 3.27. The molecule has 2 N–H and O–H groups in total. The van der Waals surface area contributed by atoms with E-state index in [0.717, 1.165) is 19.3 Å². The maximum absolute atomic E-state index is 12.1. The van der Waals surface area contributed by atoms with Crippen molar-refractivity contribution in [2.45, 2.75) is 38.6 Å². The Bertz CT molecular complexity index is 720. The fraction of sp³-hybridized carbons (Fsp3) is 0.526. The van der Waals surface area contributed by atoms with E-state index in [1.807, 2.05) is 0 Å². The predicted molar refractivity (Wildman–Crippen MR) is 95.4 cm³/mol. The molecule has 8 heteroatoms. The number of nitrogens with one attached hydrogen (secondary N) is 2. The summed E-state index contributed by atoms with van der Waals surface area (Å²) in [4.78, 5) is 35.8. The normalized spacial score (nSPS) is 20.6. The number of fused-ring (bicyclic) bond motifs is 1. The van der Waals surface area contributed by atoms with Crippen LogP contribution in [0.1, 0.15) is 43.0 Å². The number of esters is 1. The van der Waals surface area contributed by atoms with Gasteiger partial charge in [-0.1, -0.05) is 19.8 Å². The zero-order chi connectivity index (χ0) is 19.2. The lowest BCUT2D eigenvalue weighted by atomic mass is 9.86. The Labute approximate surface area is 157 Å². The lowest BCUT2D eigenvalue weighted by Crippen LogP contribution is -2.43. The van der Waals surface area contributed by atoms with Crippen molar-refractivity contribution in [2.75, 3.05) is 19.9 Å². The zero-order valence-corrected chi connectivity index (χ0v) is 15.3. The zero-order valence-electron chi connectivity index (χ0n) is 15.3. The second-order valence-electron chi connectivity index (χ2n) is 6.85. The van der Waals surface area contributed by atoms with E-state index in [4.69, 9.17) is 14.2 Å². The molecule has 8 nitrogen and oxygen atoms in total. The van der Waals surface area contributed by atoms with Gasteiger partial charge in [-0.25, -0.2) is 0 Å². The Kier molecular flexibility index (Phi) is 6.16. The van der Waals surface area contributed by atoms with Gasteiger partial charge in [0.2, 0.25) is 6.79 Å². The first-order chi connectivity index (χ1) is 13.0. The molecule has 0 aromatic heterocycles. The number of carbonyl (C=O) groups excluding carboxylic acids is 3. The van der Waals surface area contributed by atoms with Crippen molar-refractivity contribution in [1.82, 2.24) is 10.6 Å². The van der Waals surface area contributed by atoms with Crippen LogP contribution in [0.3, 0.4) is 0 Å². The van der Waals surface area contributed by atoms with Gasteiger partial charge < -0.3 is 24.8 Å². The van der Waals surface area contributed by atoms with Crippen molar-refractivity contribution >= 4 is 17.8 Å². The summed E-state index contributed by atoms with van der Waals surface area (Å²) < 4.78 is 15.3. The molecule has 1 heterocycles. The van der Waals surface area contributed by atoms with Gasteiger partial charge in [-0.05, 0) is 37.0 Å². The lowest BCUT2D eigenvalue weighted by Gasteiger charge is -2.29. The molecule has 1 aliphatic heterocycles. The summed E-state index contributed by atoms with van der Waals surface area (Å²) in [5.74, 6) is 0.0633. The van der Waals surface area contributed by atoms with Crippen molar-refractivity contribution in [1.29, 1.82) is 0 Å². The van der Waals surface area contributed by atoms with E-state index in [0.29, 0.717) is 23.0 Å². The van der Waals surface area contributed by atoms with Gasteiger partial charge in [0.05, 0.1) is 0 Å². The van der Waals surface area contributed by atoms with E-state index in [1.54, 1.807) is 18.2 Å². The molecule has 2 aliphatic rings. The van der Waals surface area contributed by atoms with Crippen molar-refractivity contribution in [2.24, 2.45) is 5.92 Å². The van der Waals surface area contributed by atoms with Crippen LogP contribution in [0.2, 0.25) is 0 Å². The van der Waals surface area contributed by atoms with E-state index in [2.05, 4.69) is 17.6 Å². The van der Waals surface area contributed by atoms with Crippen molar-refractivity contribution in [3.63, 3.8) is 0 Å². The molecule has 146 valence electrons. The number of benzene rings is 1. The molecule has 1 aliphatic carbocycles. The Morgan fingerprint density at radius 1 is 1.15 bits per heavy atom. The topological polar surface area (TPSA) is 103 Å². The van der Waals surface area contributed by atoms with Crippen molar-refractivity contribution in [3.8, 4) is 11.5 Å². The van der Waals surface area contributed by atoms with Gasteiger partial charge in [0.1, 0.15) is 6.54 Å². The molecule has 2 amide bonds. The number of rotatable bonds is 6. The number of hydrogen-bond acceptors (Lipinski definition) is 6. The quantitative estimate of drug-likeness (QED) is 0.727. The smallest absolute Gasteiger partial charge is 0.325 e. The highest BCUT2D eigenvalue weighted by atomic mass is 16.7. The summed E-state index contributed by atoms with van der Waals surface area (Å²) in [6.45, 7) is 1.57. The summed E-state index contributed by atoms with van der Waals surface area (Å²) in [6.07, 6.45) is 4.33. The van der Waals surface area contributed by atoms with Crippen molar-refractivity contribution < 1.29 is 28.6 Å². The third-order valence-corrected chi connectivity index (χ3v) is 4.85. The molecule has 1 fully saturated rings. The Morgan fingerprint density at radius 2 is 1.93 bits per heavy atom. The lowest BCUT2D eigenvalue weighted by molar-refractivity contribution is -0.147. The molecule has 0 radical (unpaired) electrons. The first-order valence-corrected chi connectivity index (χ1v) is 9.16. The maximum Gasteiger partial charge on any atom is 0.325 e. The van der Waals surface area contributed by atoms with Gasteiger partial charge in [0, 0.05) is 11.6 Å². The van der Waals surface area contributed by atoms with Crippen LogP contribution in [-0.2, 0) is 14.3 Å². The minimum absolute atomic E-state index is 0.119. The fourth-order valence-electron chi connectivity index (χ4n) is 3.27. The summed E-state index contributed by atoms with van der Waals surface area (Å²) in [7, 11) is 0. The molecule has 1 saturated carbocycles. The third-order valence-electron chi connectivity index (χ3n) is 4.85. The SMILES string of the molecule is C[C@H]1CCCC[C@H]1NC(=O)COC(=O)CNC(=O)c1ccc2c(c1)OCO2. The molecule has 3 rings (SSSR count). The van der Waals surface area contributed by atoms with E-state index in [1.165, 1.54) is 6.42 Å². The predicted octanol–water partition coefficient (Wildman–Crippen LogP) is 1.38. The monoisotopic (exact) mass is 376 g/mol. The van der Waals surface area contributed by atoms with E-state index >= 15 is 0 Å². The molecule has 0 spiro atoms. The molecule has 0 saturated heterocycles. The highest BCUT2D eigenvalue weighted by Crippen LogP contribution is 2.32. The standard InChI is InChI=1S/C19H24N2O6/c1-12-4-2-3-5-14(12)21-17(22)10-25-18(23)9-20-19(24)13-6-7-15-16(8-13)27-11-26-15/h6-8,12,14H,2-5,9-11H2,1H3,(H,20,24)(H,21,22)/t12-,14+/m0/s1. The van der Waals surface area contributed by atoms with Gasteiger partial charge in [-0.15, -0.1) is 0 Å². The van der Waals surface area contributed by atoms with E-state index in [-0.39, 0.29) is 31.9 Å². The first-order valence-electron chi connectivity index (χ1n) is 9.16. The summed E-state index contributed by atoms with van der Waals surface area (Å²) in [5, 5.41) is 5.37. The number of amides is 2. The molecule has 1 aromatic carbocycles. The van der Waals surface area contributed by atoms with Crippen LogP contribution in [0.5, 0.6) is 11.5 Å². The Hall–Kier alpha value is -2.77. The Morgan fingerprint density at radius 3 is 2.74 bits per heavy atom. The van der Waals surface area contributed by atoms with Crippen LogP contribution in [0, 0.1) is 5.92 Å². The van der Waals surface area contributed by atoms with Crippen molar-refractivity contribution in [3.05, 3.63) is 23.8 Å². The van der Waals surface area contributed by atoms with Gasteiger partial charge in [0.25, 0.3) is 11.8 Å². The van der Waals surface area contributed by atoms with E-state index < -0.39 is 11.9 Å². The molecule has 0 unspecified atom stereocenters. The molecule has 2 atom stereocenters. The second-order valence-corrected chi connectivity index (χ2v) is 6.85. The van der Waals surface area contributed by atoms with Gasteiger partial charge >= 0.3 is 5.97 Å². The van der Waals surface area contributed by atoms with Crippen LogP contribution in [0.25, 0.3) is 0 Å². The summed E-state index contributed by atoms with van der Waals surface area (Å²) in [5.41, 5.74) is 0.344. The Balaban J connectivity index is 1.38. The highest BCUT2D eigenvalue weighted by molar-refractivity contribution is 5.96. The molecule has 0 bridgehead atoms. The summed E-state index contributed by atoms with van der Waals surface area (Å²) >= 11 is 0. The largest absolute Gasteiger partial charge is 0.454 e. The average Bonchev–Trinajstić information content (AvgIpc) is 3.14. The average molecular weight is 376 g/mol. The number of carbonyl (C=O) groups is 3. The van der Waals surface area contributed by atoms with Crippen LogP contribution in [0.15, 0.2) is 18.2 Å². The second kappa shape index (κ2) is 8.75. The third kappa shape index (κ3) is 5.12.